The third-order valence-electron chi connectivity index (χ3n) is 4.87. The monoisotopic (exact) mass is 311 g/mol. The van der Waals surface area contributed by atoms with Gasteiger partial charge < -0.3 is 20.6 Å². The third kappa shape index (κ3) is 2.67. The fraction of sp³-hybridized carbons (Fsp3) is 0.714. The smallest absolute Gasteiger partial charge is 0.153 e. The molecule has 7 heteroatoms. The second kappa shape index (κ2) is 5.59. The molecular formula is C14H22ClN5O. The van der Waals surface area contributed by atoms with Crippen LogP contribution in [0.3, 0.4) is 0 Å². The molecule has 1 saturated carbocycles. The van der Waals surface area contributed by atoms with Crippen molar-refractivity contribution in [3.8, 4) is 0 Å². The van der Waals surface area contributed by atoms with Crippen LogP contribution in [0.4, 0.5) is 11.6 Å². The molecule has 0 radical (unpaired) electrons. The van der Waals surface area contributed by atoms with E-state index >= 15 is 0 Å². The Kier molecular flexibility index (Phi) is 3.94. The molecular weight excluding hydrogens is 290 g/mol. The van der Waals surface area contributed by atoms with Crippen LogP contribution in [0.1, 0.15) is 12.8 Å². The molecule has 1 aliphatic carbocycles. The fourth-order valence-corrected chi connectivity index (χ4v) is 3.95. The predicted octanol–water partition coefficient (Wildman–Crippen LogP) is 0.849. The van der Waals surface area contributed by atoms with E-state index in [0.29, 0.717) is 22.7 Å². The highest BCUT2D eigenvalue weighted by Crippen LogP contribution is 2.40. The van der Waals surface area contributed by atoms with Gasteiger partial charge in [0, 0.05) is 19.1 Å². The first-order valence-electron chi connectivity index (χ1n) is 7.32. The van der Waals surface area contributed by atoms with Gasteiger partial charge in [-0.1, -0.05) is 11.6 Å². The van der Waals surface area contributed by atoms with Crippen molar-refractivity contribution in [1.82, 2.24) is 14.9 Å². The second-order valence-corrected chi connectivity index (χ2v) is 6.77. The molecule has 0 spiro atoms. The summed E-state index contributed by atoms with van der Waals surface area (Å²) in [6.45, 7) is 1.79. The van der Waals surface area contributed by atoms with Crippen molar-refractivity contribution >= 4 is 23.2 Å². The van der Waals surface area contributed by atoms with Crippen molar-refractivity contribution in [3.05, 3.63) is 11.3 Å². The zero-order chi connectivity index (χ0) is 15.1. The van der Waals surface area contributed by atoms with Gasteiger partial charge in [0.15, 0.2) is 5.82 Å². The first kappa shape index (κ1) is 14.8. The van der Waals surface area contributed by atoms with Crippen LogP contribution in [0.15, 0.2) is 6.33 Å². The van der Waals surface area contributed by atoms with E-state index in [1.54, 1.807) is 0 Å². The molecule has 0 aromatic carbocycles. The number of nitrogen functional groups attached to an aromatic ring is 1. The van der Waals surface area contributed by atoms with Gasteiger partial charge in [-0.15, -0.1) is 0 Å². The van der Waals surface area contributed by atoms with Gasteiger partial charge in [-0.05, 0) is 38.8 Å². The van der Waals surface area contributed by atoms with E-state index in [4.69, 9.17) is 17.3 Å². The number of aliphatic hydroxyl groups excluding tert-OH is 1. The maximum Gasteiger partial charge on any atom is 0.153 e. The quantitative estimate of drug-likeness (QED) is 0.843. The minimum absolute atomic E-state index is 0.233. The van der Waals surface area contributed by atoms with Crippen LogP contribution in [0.2, 0.25) is 5.02 Å². The summed E-state index contributed by atoms with van der Waals surface area (Å²) in [7, 11) is 4.06. The van der Waals surface area contributed by atoms with Crippen molar-refractivity contribution in [3.63, 3.8) is 0 Å². The Morgan fingerprint density at radius 3 is 2.62 bits per heavy atom. The summed E-state index contributed by atoms with van der Waals surface area (Å²) < 4.78 is 0. The van der Waals surface area contributed by atoms with Crippen LogP contribution in [-0.2, 0) is 0 Å². The molecule has 0 unspecified atom stereocenters. The number of aliphatic hydroxyl groups is 1. The van der Waals surface area contributed by atoms with Crippen LogP contribution in [0.5, 0.6) is 0 Å². The van der Waals surface area contributed by atoms with E-state index < -0.39 is 0 Å². The lowest BCUT2D eigenvalue weighted by Crippen LogP contribution is -2.46. The Balaban J connectivity index is 1.78. The van der Waals surface area contributed by atoms with Crippen molar-refractivity contribution in [2.75, 3.05) is 37.8 Å². The van der Waals surface area contributed by atoms with Crippen LogP contribution in [0.25, 0.3) is 0 Å². The molecule has 2 fully saturated rings. The van der Waals surface area contributed by atoms with Crippen LogP contribution < -0.4 is 10.6 Å². The maximum atomic E-state index is 10.3. The minimum Gasteiger partial charge on any atom is -0.391 e. The lowest BCUT2D eigenvalue weighted by atomic mass is 9.77. The standard InChI is InChI=1S/C14H22ClN5O/c1-19(2)10-3-8-5-20(6-9(8)4-11(10)21)14-12(15)13(16)17-7-18-14/h7-11,21H,3-6H2,1-2H3,(H2,16,17,18)/t8-,9+,10-,11-/m1/s1. The highest BCUT2D eigenvalue weighted by Gasteiger charge is 2.43. The largest absolute Gasteiger partial charge is 0.391 e. The predicted molar refractivity (Wildman–Crippen MR) is 83.4 cm³/mol. The minimum atomic E-state index is -0.257. The number of likely N-dealkylation sites (N-methyl/N-ethyl adjacent to an activating group) is 1. The van der Waals surface area contributed by atoms with E-state index in [1.807, 2.05) is 14.1 Å². The van der Waals surface area contributed by atoms with Gasteiger partial charge >= 0.3 is 0 Å². The fourth-order valence-electron chi connectivity index (χ4n) is 3.73. The molecule has 6 nitrogen and oxygen atoms in total. The average Bonchev–Trinajstić information content (AvgIpc) is 2.83. The number of aromatic nitrogens is 2. The zero-order valence-corrected chi connectivity index (χ0v) is 13.2. The van der Waals surface area contributed by atoms with Gasteiger partial charge in [0.25, 0.3) is 0 Å². The lowest BCUT2D eigenvalue weighted by molar-refractivity contribution is 0.00942. The summed E-state index contributed by atoms with van der Waals surface area (Å²) in [5.74, 6) is 2.09. The van der Waals surface area contributed by atoms with Gasteiger partial charge in [0.05, 0.1) is 6.10 Å². The van der Waals surface area contributed by atoms with Crippen LogP contribution >= 0.6 is 11.6 Å². The summed E-state index contributed by atoms with van der Waals surface area (Å²) in [5.41, 5.74) is 5.76. The molecule has 1 aliphatic heterocycles. The van der Waals surface area contributed by atoms with Gasteiger partial charge in [-0.3, -0.25) is 0 Å². The molecule has 1 aromatic rings. The van der Waals surface area contributed by atoms with Gasteiger partial charge in [-0.2, -0.15) is 0 Å². The molecule has 4 atom stereocenters. The number of hydrogen-bond donors (Lipinski definition) is 2. The van der Waals surface area contributed by atoms with Crippen molar-refractivity contribution in [1.29, 1.82) is 0 Å². The number of fused-ring (bicyclic) bond motifs is 1. The van der Waals surface area contributed by atoms with Crippen molar-refractivity contribution in [2.45, 2.75) is 25.0 Å². The van der Waals surface area contributed by atoms with Crippen molar-refractivity contribution in [2.24, 2.45) is 11.8 Å². The van der Waals surface area contributed by atoms with E-state index in [0.717, 1.165) is 31.7 Å². The summed E-state index contributed by atoms with van der Waals surface area (Å²) in [6.07, 6.45) is 3.04. The van der Waals surface area contributed by atoms with E-state index in [9.17, 15) is 5.11 Å². The Bertz CT molecular complexity index is 526. The average molecular weight is 312 g/mol. The summed E-state index contributed by atoms with van der Waals surface area (Å²) >= 11 is 6.23. The highest BCUT2D eigenvalue weighted by molar-refractivity contribution is 6.35. The number of nitrogens with zero attached hydrogens (tertiary/aromatic N) is 4. The number of rotatable bonds is 2. The molecule has 1 aromatic heterocycles. The van der Waals surface area contributed by atoms with Crippen LogP contribution in [-0.4, -0.2) is 59.3 Å². The number of nitrogens with two attached hydrogens (primary N) is 1. The third-order valence-corrected chi connectivity index (χ3v) is 5.23. The highest BCUT2D eigenvalue weighted by atomic mass is 35.5. The first-order valence-corrected chi connectivity index (χ1v) is 7.70. The molecule has 2 heterocycles. The topological polar surface area (TPSA) is 78.5 Å². The summed E-state index contributed by atoms with van der Waals surface area (Å²) in [6, 6.07) is 0.233. The number of anilines is 2. The maximum absolute atomic E-state index is 10.3. The molecule has 0 amide bonds. The van der Waals surface area contributed by atoms with Gasteiger partial charge in [0.1, 0.15) is 17.2 Å². The van der Waals surface area contributed by atoms with Crippen molar-refractivity contribution < 1.29 is 5.11 Å². The second-order valence-electron chi connectivity index (χ2n) is 6.39. The number of halogens is 1. The zero-order valence-electron chi connectivity index (χ0n) is 12.4. The van der Waals surface area contributed by atoms with Gasteiger partial charge in [0.2, 0.25) is 0 Å². The lowest BCUT2D eigenvalue weighted by Gasteiger charge is -2.38. The van der Waals surface area contributed by atoms with E-state index in [1.165, 1.54) is 6.33 Å². The first-order chi connectivity index (χ1) is 9.97. The Morgan fingerprint density at radius 1 is 1.29 bits per heavy atom. The van der Waals surface area contributed by atoms with E-state index in [-0.39, 0.29) is 12.1 Å². The Labute approximate surface area is 129 Å². The summed E-state index contributed by atoms with van der Waals surface area (Å²) in [5, 5.41) is 10.7. The molecule has 1 saturated heterocycles. The normalized spacial score (nSPS) is 32.5. The SMILES string of the molecule is CN(C)[C@@H]1C[C@@H]2CN(c3ncnc(N)c3Cl)C[C@@H]2C[C@H]1O. The molecule has 2 aliphatic rings. The molecule has 21 heavy (non-hydrogen) atoms. The van der Waals surface area contributed by atoms with Crippen LogP contribution in [0, 0.1) is 11.8 Å². The Hall–Kier alpha value is -1.11. The van der Waals surface area contributed by atoms with Gasteiger partial charge in [-0.25, -0.2) is 9.97 Å². The molecule has 0 bridgehead atoms. The molecule has 3 N–H and O–H groups in total. The molecule has 116 valence electrons. The summed E-state index contributed by atoms with van der Waals surface area (Å²) in [4.78, 5) is 12.5. The Morgan fingerprint density at radius 2 is 1.95 bits per heavy atom. The van der Waals surface area contributed by atoms with E-state index in [2.05, 4.69) is 19.8 Å². The number of hydrogen-bond acceptors (Lipinski definition) is 6. The molecule has 3 rings (SSSR count).